The van der Waals surface area contributed by atoms with Gasteiger partial charge in [0, 0.05) is 22.9 Å². The Morgan fingerprint density at radius 2 is 1.59 bits per heavy atom. The Labute approximate surface area is 192 Å². The van der Waals surface area contributed by atoms with E-state index in [1.165, 1.54) is 0 Å². The molecule has 5 heteroatoms. The molecular weight excluding hydrogens is 420 g/mol. The number of hydrogen-bond acceptors (Lipinski definition) is 2. The highest BCUT2D eigenvalue weighted by atomic mass is 35.5. The van der Waals surface area contributed by atoms with E-state index in [2.05, 4.69) is 9.88 Å². The molecule has 0 spiro atoms. The maximum atomic E-state index is 13.2. The van der Waals surface area contributed by atoms with Crippen LogP contribution < -0.4 is 5.32 Å². The lowest BCUT2D eigenvalue weighted by molar-refractivity contribution is -0.112. The number of nitrogens with one attached hydrogen (secondary N) is 1. The van der Waals surface area contributed by atoms with Crippen molar-refractivity contribution in [2.45, 2.75) is 20.4 Å². The Morgan fingerprint density at radius 3 is 2.28 bits per heavy atom. The molecule has 0 fully saturated rings. The summed E-state index contributed by atoms with van der Waals surface area (Å²) < 4.78 is 2.06. The van der Waals surface area contributed by atoms with Crippen molar-refractivity contribution in [1.82, 2.24) is 4.57 Å². The number of hydrogen-bond donors (Lipinski definition) is 1. The molecule has 32 heavy (non-hydrogen) atoms. The Kier molecular flexibility index (Phi) is 6.24. The van der Waals surface area contributed by atoms with Gasteiger partial charge in [0.2, 0.25) is 0 Å². The molecule has 0 saturated heterocycles. The summed E-state index contributed by atoms with van der Waals surface area (Å²) >= 11 is 6.03. The Morgan fingerprint density at radius 1 is 0.875 bits per heavy atom. The van der Waals surface area contributed by atoms with Gasteiger partial charge in [-0.25, -0.2) is 0 Å². The largest absolute Gasteiger partial charge is 0.340 e. The van der Waals surface area contributed by atoms with Gasteiger partial charge in [0.1, 0.15) is 0 Å². The molecule has 160 valence electrons. The molecule has 4 rings (SSSR count). The van der Waals surface area contributed by atoms with Gasteiger partial charge >= 0.3 is 0 Å². The Balaban J connectivity index is 1.73. The topological polar surface area (TPSA) is 51.1 Å². The van der Waals surface area contributed by atoms with E-state index in [-0.39, 0.29) is 0 Å². The fraction of sp³-hybridized carbons (Fsp3) is 0.111. The van der Waals surface area contributed by atoms with E-state index in [1.807, 2.05) is 86.6 Å². The van der Waals surface area contributed by atoms with Crippen LogP contribution in [0.25, 0.3) is 11.3 Å². The number of carbonyl (C=O) groups is 2. The van der Waals surface area contributed by atoms with Gasteiger partial charge in [-0.15, -0.1) is 0 Å². The molecule has 0 atom stereocenters. The minimum Gasteiger partial charge on any atom is -0.340 e. The number of nitrogens with zero attached hydrogens (tertiary/aromatic N) is 1. The van der Waals surface area contributed by atoms with Crippen LogP contribution in [0.4, 0.5) is 5.69 Å². The lowest BCUT2D eigenvalue weighted by atomic mass is 10.0. The second-order valence-corrected chi connectivity index (χ2v) is 8.22. The highest BCUT2D eigenvalue weighted by Crippen LogP contribution is 2.29. The summed E-state index contributed by atoms with van der Waals surface area (Å²) in [5.41, 5.74) is 5.53. The molecule has 0 bridgehead atoms. The average molecular weight is 443 g/mol. The zero-order chi connectivity index (χ0) is 22.7. The first-order valence-corrected chi connectivity index (χ1v) is 10.7. The number of carbonyl (C=O) groups excluding carboxylic acids is 2. The molecule has 0 aliphatic heterocycles. The molecule has 1 heterocycles. The van der Waals surface area contributed by atoms with E-state index in [9.17, 15) is 9.59 Å². The van der Waals surface area contributed by atoms with Crippen LogP contribution >= 0.6 is 11.6 Å². The molecule has 0 saturated carbocycles. The standard InChI is InChI=1S/C27H23ClN2O2/c1-18-7-6-10-23(15-18)29-27(32)26(31)24-16-19(2)30(17-20-11-13-22(28)14-12-20)25(24)21-8-4-3-5-9-21/h3-16H,17H2,1-2H3,(H,29,32). The van der Waals surface area contributed by atoms with Crippen molar-refractivity contribution in [3.63, 3.8) is 0 Å². The number of Topliss-reactive ketones (excluding diaryl/α,β-unsaturated/α-hetero) is 1. The van der Waals surface area contributed by atoms with Crippen LogP contribution in [0.3, 0.4) is 0 Å². The average Bonchev–Trinajstić information content (AvgIpc) is 3.11. The Hall–Kier alpha value is -3.63. The molecular formula is C27H23ClN2O2. The van der Waals surface area contributed by atoms with Crippen molar-refractivity contribution in [3.8, 4) is 11.3 Å². The van der Waals surface area contributed by atoms with Crippen molar-refractivity contribution in [1.29, 1.82) is 0 Å². The van der Waals surface area contributed by atoms with Crippen LogP contribution in [0.15, 0.2) is 84.9 Å². The Bertz CT molecular complexity index is 1280. The van der Waals surface area contributed by atoms with Gasteiger partial charge in [0.05, 0.1) is 11.3 Å². The van der Waals surface area contributed by atoms with Gasteiger partial charge in [-0.2, -0.15) is 0 Å². The van der Waals surface area contributed by atoms with Gasteiger partial charge < -0.3 is 9.88 Å². The monoisotopic (exact) mass is 442 g/mol. The maximum absolute atomic E-state index is 13.2. The number of anilines is 1. The van der Waals surface area contributed by atoms with Crippen molar-refractivity contribution in [2.75, 3.05) is 5.32 Å². The number of aryl methyl sites for hydroxylation is 2. The SMILES string of the molecule is Cc1cccc(NC(=O)C(=O)c2cc(C)n(Cc3ccc(Cl)cc3)c2-c2ccccc2)c1. The van der Waals surface area contributed by atoms with Gasteiger partial charge in [-0.3, -0.25) is 9.59 Å². The third-order valence-electron chi connectivity index (χ3n) is 5.33. The van der Waals surface area contributed by atoms with Crippen LogP contribution in [0, 0.1) is 13.8 Å². The molecule has 1 N–H and O–H groups in total. The highest BCUT2D eigenvalue weighted by Gasteiger charge is 2.25. The van der Waals surface area contributed by atoms with E-state index in [1.54, 1.807) is 12.1 Å². The van der Waals surface area contributed by atoms with Crippen LogP contribution in [0.1, 0.15) is 27.2 Å². The van der Waals surface area contributed by atoms with Crippen LogP contribution in [0.5, 0.6) is 0 Å². The highest BCUT2D eigenvalue weighted by molar-refractivity contribution is 6.47. The molecule has 4 aromatic rings. The first kappa shape index (κ1) is 21.6. The fourth-order valence-electron chi connectivity index (χ4n) is 3.77. The van der Waals surface area contributed by atoms with Crippen LogP contribution in [-0.4, -0.2) is 16.3 Å². The number of halogens is 1. The molecule has 3 aromatic carbocycles. The first-order chi connectivity index (χ1) is 15.4. The second kappa shape index (κ2) is 9.25. The van der Waals surface area contributed by atoms with Crippen LogP contribution in [-0.2, 0) is 11.3 Å². The fourth-order valence-corrected chi connectivity index (χ4v) is 3.89. The summed E-state index contributed by atoms with van der Waals surface area (Å²) in [6.07, 6.45) is 0. The number of amides is 1. The molecule has 0 radical (unpaired) electrons. The maximum Gasteiger partial charge on any atom is 0.296 e. The van der Waals surface area contributed by atoms with Crippen LogP contribution in [0.2, 0.25) is 5.02 Å². The van der Waals surface area contributed by atoms with Crippen molar-refractivity contribution < 1.29 is 9.59 Å². The van der Waals surface area contributed by atoms with Gasteiger partial charge in [-0.1, -0.05) is 66.2 Å². The number of rotatable bonds is 6. The second-order valence-electron chi connectivity index (χ2n) is 7.78. The van der Waals surface area contributed by atoms with Crippen molar-refractivity contribution in [3.05, 3.63) is 112 Å². The van der Waals surface area contributed by atoms with E-state index >= 15 is 0 Å². The molecule has 1 amide bonds. The summed E-state index contributed by atoms with van der Waals surface area (Å²) in [5.74, 6) is -1.22. The molecule has 4 nitrogen and oxygen atoms in total. The lowest BCUT2D eigenvalue weighted by Crippen LogP contribution is -2.23. The van der Waals surface area contributed by atoms with E-state index in [0.717, 1.165) is 28.1 Å². The molecule has 0 unspecified atom stereocenters. The third-order valence-corrected chi connectivity index (χ3v) is 5.58. The smallest absolute Gasteiger partial charge is 0.296 e. The predicted octanol–water partition coefficient (Wildman–Crippen LogP) is 6.30. The minimum absolute atomic E-state index is 0.382. The number of ketones is 1. The van der Waals surface area contributed by atoms with Gasteiger partial charge in [-0.05, 0) is 60.9 Å². The molecule has 1 aromatic heterocycles. The van der Waals surface area contributed by atoms with Crippen molar-refractivity contribution >= 4 is 29.0 Å². The molecule has 0 aliphatic carbocycles. The predicted molar refractivity (Wildman–Crippen MR) is 129 cm³/mol. The summed E-state index contributed by atoms with van der Waals surface area (Å²) in [6, 6.07) is 26.5. The zero-order valence-electron chi connectivity index (χ0n) is 17.9. The van der Waals surface area contributed by atoms with E-state index < -0.39 is 11.7 Å². The van der Waals surface area contributed by atoms with Crippen molar-refractivity contribution in [2.24, 2.45) is 0 Å². The summed E-state index contributed by atoms with van der Waals surface area (Å²) in [6.45, 7) is 4.43. The third kappa shape index (κ3) is 4.66. The quantitative estimate of drug-likeness (QED) is 0.281. The van der Waals surface area contributed by atoms with E-state index in [0.29, 0.717) is 22.8 Å². The number of benzene rings is 3. The molecule has 0 aliphatic rings. The lowest BCUT2D eigenvalue weighted by Gasteiger charge is -2.14. The summed E-state index contributed by atoms with van der Waals surface area (Å²) in [7, 11) is 0. The van der Waals surface area contributed by atoms with Gasteiger partial charge in [0.25, 0.3) is 11.7 Å². The summed E-state index contributed by atoms with van der Waals surface area (Å²) in [4.78, 5) is 26.1. The minimum atomic E-state index is -0.656. The first-order valence-electron chi connectivity index (χ1n) is 10.3. The zero-order valence-corrected chi connectivity index (χ0v) is 18.7. The normalized spacial score (nSPS) is 10.7. The van der Waals surface area contributed by atoms with Gasteiger partial charge in [0.15, 0.2) is 0 Å². The number of aromatic nitrogens is 1. The summed E-state index contributed by atoms with van der Waals surface area (Å²) in [5, 5.41) is 3.40. The van der Waals surface area contributed by atoms with E-state index in [4.69, 9.17) is 11.6 Å².